The number of ether oxygens (including phenoxy) is 1. The molecule has 2 heterocycles. The molecule has 2 atom stereocenters. The molecule has 138 valence electrons. The molecule has 0 spiro atoms. The van der Waals surface area contributed by atoms with Gasteiger partial charge in [0.05, 0.1) is 25.7 Å². The molecular formula is C17H22F2N2O4. The predicted molar refractivity (Wildman–Crippen MR) is 86.1 cm³/mol. The van der Waals surface area contributed by atoms with Crippen LogP contribution >= 0.6 is 0 Å². The summed E-state index contributed by atoms with van der Waals surface area (Å²) < 4.78 is 32.6. The summed E-state index contributed by atoms with van der Waals surface area (Å²) in [6.07, 6.45) is -0.104. The van der Waals surface area contributed by atoms with Crippen LogP contribution in [0.25, 0.3) is 0 Å². The number of hydrogen-bond acceptors (Lipinski definition) is 4. The average Bonchev–Trinajstić information content (AvgIpc) is 2.81. The molecule has 25 heavy (non-hydrogen) atoms. The van der Waals surface area contributed by atoms with Crippen molar-refractivity contribution in [2.45, 2.75) is 12.5 Å². The Labute approximate surface area is 145 Å². The van der Waals surface area contributed by atoms with Gasteiger partial charge in [-0.05, 0) is 13.1 Å². The van der Waals surface area contributed by atoms with Crippen molar-refractivity contribution in [3.05, 3.63) is 35.4 Å². The summed E-state index contributed by atoms with van der Waals surface area (Å²) in [5.41, 5.74) is 0.115. The van der Waals surface area contributed by atoms with Gasteiger partial charge in [-0.15, -0.1) is 0 Å². The number of carbonyl (C=O) groups excluding carboxylic acids is 1. The molecular weight excluding hydrogens is 334 g/mol. The monoisotopic (exact) mass is 356 g/mol. The van der Waals surface area contributed by atoms with E-state index in [2.05, 4.69) is 4.90 Å². The Kier molecular flexibility index (Phi) is 6.83. The van der Waals surface area contributed by atoms with E-state index in [-0.39, 0.29) is 36.3 Å². The smallest absolute Gasteiger partial charge is 0.290 e. The van der Waals surface area contributed by atoms with Gasteiger partial charge in [0, 0.05) is 31.1 Å². The van der Waals surface area contributed by atoms with Crippen LogP contribution in [0.1, 0.15) is 5.56 Å². The van der Waals surface area contributed by atoms with E-state index in [1.165, 1.54) is 12.1 Å². The minimum Gasteiger partial charge on any atom is -0.483 e. The first kappa shape index (κ1) is 19.3. The van der Waals surface area contributed by atoms with E-state index < -0.39 is 11.6 Å². The first-order valence-electron chi connectivity index (χ1n) is 8.02. The first-order valence-corrected chi connectivity index (χ1v) is 8.02. The fraction of sp³-hybridized carbons (Fsp3) is 0.529. The Morgan fingerprint density at radius 2 is 2.04 bits per heavy atom. The zero-order valence-electron chi connectivity index (χ0n) is 14.0. The molecule has 1 amide bonds. The fourth-order valence-corrected chi connectivity index (χ4v) is 3.21. The van der Waals surface area contributed by atoms with Gasteiger partial charge in [0.15, 0.2) is 11.6 Å². The summed E-state index contributed by atoms with van der Waals surface area (Å²) >= 11 is 0. The SMILES string of the molecule is CN1C[C@H]2COC[C@@H]1CN(C(=O)Cc1cccc(F)c1F)C2.O=CO. The van der Waals surface area contributed by atoms with Gasteiger partial charge in [-0.2, -0.15) is 0 Å². The second kappa shape index (κ2) is 8.87. The number of carboxylic acid groups (broad SMARTS) is 1. The van der Waals surface area contributed by atoms with Gasteiger partial charge in [-0.1, -0.05) is 12.1 Å². The van der Waals surface area contributed by atoms with Crippen LogP contribution in [0.3, 0.4) is 0 Å². The van der Waals surface area contributed by atoms with Crippen molar-refractivity contribution in [1.29, 1.82) is 0 Å². The normalized spacial score (nSPS) is 23.2. The third kappa shape index (κ3) is 4.96. The number of likely N-dealkylation sites (N-methyl/N-ethyl adjacent to an activating group) is 1. The van der Waals surface area contributed by atoms with E-state index in [9.17, 15) is 13.6 Å². The summed E-state index contributed by atoms with van der Waals surface area (Å²) in [5, 5.41) is 6.89. The quantitative estimate of drug-likeness (QED) is 0.801. The van der Waals surface area contributed by atoms with Crippen LogP contribution in [0.5, 0.6) is 0 Å². The largest absolute Gasteiger partial charge is 0.483 e. The highest BCUT2D eigenvalue weighted by Gasteiger charge is 2.33. The molecule has 0 unspecified atom stereocenters. The van der Waals surface area contributed by atoms with Crippen LogP contribution in [0.15, 0.2) is 18.2 Å². The highest BCUT2D eigenvalue weighted by molar-refractivity contribution is 5.79. The van der Waals surface area contributed by atoms with Gasteiger partial charge in [0.25, 0.3) is 6.47 Å². The molecule has 0 aromatic heterocycles. The molecule has 8 heteroatoms. The van der Waals surface area contributed by atoms with E-state index in [4.69, 9.17) is 14.6 Å². The number of fused-ring (bicyclic) bond motifs is 3. The Bertz CT molecular complexity index is 614. The lowest BCUT2D eigenvalue weighted by atomic mass is 10.1. The minimum absolute atomic E-state index is 0.104. The summed E-state index contributed by atoms with van der Waals surface area (Å²) in [7, 11) is 2.03. The van der Waals surface area contributed by atoms with Crippen molar-refractivity contribution in [2.24, 2.45) is 5.92 Å². The number of nitrogens with zero attached hydrogens (tertiary/aromatic N) is 2. The Morgan fingerprint density at radius 3 is 2.76 bits per heavy atom. The Balaban J connectivity index is 0.000000701. The minimum atomic E-state index is -0.925. The van der Waals surface area contributed by atoms with Crippen molar-refractivity contribution in [3.8, 4) is 0 Å². The van der Waals surface area contributed by atoms with Gasteiger partial charge in [0.1, 0.15) is 0 Å². The predicted octanol–water partition coefficient (Wildman–Crippen LogP) is 0.997. The molecule has 0 saturated carbocycles. The maximum absolute atomic E-state index is 13.7. The second-order valence-corrected chi connectivity index (χ2v) is 6.29. The number of carbonyl (C=O) groups is 2. The summed E-state index contributed by atoms with van der Waals surface area (Å²) in [6, 6.07) is 4.12. The molecule has 0 radical (unpaired) electrons. The van der Waals surface area contributed by atoms with Gasteiger partial charge in [-0.25, -0.2) is 8.78 Å². The zero-order chi connectivity index (χ0) is 18.4. The highest BCUT2D eigenvalue weighted by atomic mass is 19.2. The zero-order valence-corrected chi connectivity index (χ0v) is 14.0. The number of hydrogen-bond donors (Lipinski definition) is 1. The first-order chi connectivity index (χ1) is 12.0. The van der Waals surface area contributed by atoms with E-state index in [1.54, 1.807) is 4.90 Å². The average molecular weight is 356 g/mol. The van der Waals surface area contributed by atoms with Crippen LogP contribution < -0.4 is 0 Å². The van der Waals surface area contributed by atoms with E-state index >= 15 is 0 Å². The molecule has 2 saturated heterocycles. The van der Waals surface area contributed by atoms with E-state index in [0.29, 0.717) is 26.3 Å². The Hall–Kier alpha value is -2.06. The molecule has 1 aromatic carbocycles. The lowest BCUT2D eigenvalue weighted by Crippen LogP contribution is -2.45. The van der Waals surface area contributed by atoms with Gasteiger partial charge in [-0.3, -0.25) is 14.5 Å². The van der Waals surface area contributed by atoms with Crippen molar-refractivity contribution in [1.82, 2.24) is 9.80 Å². The number of rotatable bonds is 2. The van der Waals surface area contributed by atoms with Crippen LogP contribution in [0.2, 0.25) is 0 Å². The number of amides is 1. The molecule has 2 aliphatic heterocycles. The standard InChI is InChI=1S/C16H20F2N2O2.CH2O2/c1-19-6-11-7-20(8-13(19)10-22-9-11)15(21)5-12-3-2-4-14(17)16(12)18;2-1-3/h2-4,11,13H,5-10H2,1H3;1H,(H,2,3)/t11-,13+;/m1./s1. The van der Waals surface area contributed by atoms with Gasteiger partial charge >= 0.3 is 0 Å². The Morgan fingerprint density at radius 1 is 1.32 bits per heavy atom. The molecule has 2 bridgehead atoms. The van der Waals surface area contributed by atoms with Crippen LogP contribution in [0, 0.1) is 17.6 Å². The lowest BCUT2D eigenvalue weighted by Gasteiger charge is -2.30. The molecule has 0 aliphatic carbocycles. The molecule has 6 nitrogen and oxygen atoms in total. The van der Waals surface area contributed by atoms with Gasteiger partial charge < -0.3 is 14.7 Å². The van der Waals surface area contributed by atoms with Crippen molar-refractivity contribution >= 4 is 12.4 Å². The van der Waals surface area contributed by atoms with Crippen molar-refractivity contribution in [2.75, 3.05) is 39.9 Å². The second-order valence-electron chi connectivity index (χ2n) is 6.29. The molecule has 3 rings (SSSR count). The number of halogens is 2. The van der Waals surface area contributed by atoms with Crippen LogP contribution in [-0.4, -0.2) is 73.2 Å². The summed E-state index contributed by atoms with van der Waals surface area (Å²) in [5.74, 6) is -1.73. The topological polar surface area (TPSA) is 70.1 Å². The lowest BCUT2D eigenvalue weighted by molar-refractivity contribution is -0.132. The fourth-order valence-electron chi connectivity index (χ4n) is 3.21. The summed E-state index contributed by atoms with van der Waals surface area (Å²) in [4.78, 5) is 24.8. The van der Waals surface area contributed by atoms with Crippen molar-refractivity contribution < 1.29 is 28.2 Å². The third-order valence-corrected chi connectivity index (χ3v) is 4.47. The maximum atomic E-state index is 13.7. The number of benzene rings is 1. The van der Waals surface area contributed by atoms with Crippen LogP contribution in [-0.2, 0) is 20.7 Å². The van der Waals surface area contributed by atoms with Crippen molar-refractivity contribution in [3.63, 3.8) is 0 Å². The van der Waals surface area contributed by atoms with E-state index in [1.807, 2.05) is 7.05 Å². The van der Waals surface area contributed by atoms with Gasteiger partial charge in [0.2, 0.25) is 5.91 Å². The summed E-state index contributed by atoms with van der Waals surface area (Å²) in [6.45, 7) is 3.06. The third-order valence-electron chi connectivity index (χ3n) is 4.47. The van der Waals surface area contributed by atoms with E-state index in [0.717, 1.165) is 12.6 Å². The molecule has 2 fully saturated rings. The molecule has 1 aromatic rings. The molecule has 2 aliphatic rings. The maximum Gasteiger partial charge on any atom is 0.290 e. The molecule has 1 N–H and O–H groups in total. The van der Waals surface area contributed by atoms with Crippen LogP contribution in [0.4, 0.5) is 8.78 Å². The highest BCUT2D eigenvalue weighted by Crippen LogP contribution is 2.20.